The van der Waals surface area contributed by atoms with Gasteiger partial charge in [-0.15, -0.1) is 0 Å². The van der Waals surface area contributed by atoms with Gasteiger partial charge in [0.15, 0.2) is 0 Å². The van der Waals surface area contributed by atoms with Gasteiger partial charge in [0.1, 0.15) is 5.58 Å². The lowest BCUT2D eigenvalue weighted by Gasteiger charge is -2.23. The molecule has 1 heterocycles. The molecule has 0 fully saturated rings. The van der Waals surface area contributed by atoms with Crippen molar-refractivity contribution in [3.8, 4) is 0 Å². The first kappa shape index (κ1) is 22.3. The van der Waals surface area contributed by atoms with E-state index in [2.05, 4.69) is 12.1 Å². The maximum atomic E-state index is 13.2. The van der Waals surface area contributed by atoms with E-state index in [1.807, 2.05) is 61.5 Å². The van der Waals surface area contributed by atoms with E-state index >= 15 is 0 Å². The number of fused-ring (bicyclic) bond motifs is 1. The number of anilines is 1. The number of likely N-dealkylation sites (N-methyl/N-ethyl adjacent to an activating group) is 2. The molecule has 0 N–H and O–H groups in total. The third kappa shape index (κ3) is 4.98. The zero-order valence-corrected chi connectivity index (χ0v) is 19.2. The van der Waals surface area contributed by atoms with Crippen LogP contribution in [-0.4, -0.2) is 37.4 Å². The van der Waals surface area contributed by atoms with Crippen molar-refractivity contribution in [3.63, 3.8) is 0 Å². The quantitative estimate of drug-likeness (QED) is 0.394. The van der Waals surface area contributed by atoms with Gasteiger partial charge in [0.2, 0.25) is 5.91 Å². The molecule has 0 saturated carbocycles. The minimum absolute atomic E-state index is 0.106. The Kier molecular flexibility index (Phi) is 6.59. The molecule has 0 unspecified atom stereocenters. The number of hydrogen-bond donors (Lipinski definition) is 0. The Balaban J connectivity index is 1.49. The highest BCUT2D eigenvalue weighted by Gasteiger charge is 2.22. The molecule has 0 aliphatic carbocycles. The van der Waals surface area contributed by atoms with Crippen molar-refractivity contribution in [2.45, 2.75) is 19.8 Å². The second kappa shape index (κ2) is 9.74. The van der Waals surface area contributed by atoms with Crippen molar-refractivity contribution < 1.29 is 14.0 Å². The molecule has 3 aromatic carbocycles. The van der Waals surface area contributed by atoms with Crippen LogP contribution in [0.15, 0.2) is 83.5 Å². The minimum atomic E-state index is -0.106. The number of nitrogens with zero attached hydrogens (tertiary/aromatic N) is 2. The zero-order valence-electron chi connectivity index (χ0n) is 19.2. The van der Waals surface area contributed by atoms with Crippen LogP contribution in [0, 0.1) is 6.92 Å². The number of para-hydroxylation sites is 1. The lowest BCUT2D eigenvalue weighted by molar-refractivity contribution is -0.117. The summed E-state index contributed by atoms with van der Waals surface area (Å²) in [5.74, 6) is -0.212. The van der Waals surface area contributed by atoms with Crippen molar-refractivity contribution in [2.24, 2.45) is 0 Å². The molecule has 0 spiro atoms. The van der Waals surface area contributed by atoms with Crippen LogP contribution in [0.2, 0.25) is 0 Å². The van der Waals surface area contributed by atoms with E-state index in [0.29, 0.717) is 17.8 Å². The van der Waals surface area contributed by atoms with Crippen molar-refractivity contribution in [1.82, 2.24) is 4.90 Å². The van der Waals surface area contributed by atoms with Gasteiger partial charge in [0, 0.05) is 31.6 Å². The Hall–Kier alpha value is -3.86. The van der Waals surface area contributed by atoms with Gasteiger partial charge in [-0.1, -0.05) is 54.6 Å². The Morgan fingerprint density at radius 2 is 1.64 bits per heavy atom. The first-order chi connectivity index (χ1) is 15.9. The highest BCUT2D eigenvalue weighted by atomic mass is 16.3. The Morgan fingerprint density at radius 3 is 2.42 bits per heavy atom. The molecule has 168 valence electrons. The average Bonchev–Trinajstić information content (AvgIpc) is 3.23. The van der Waals surface area contributed by atoms with E-state index < -0.39 is 0 Å². The normalized spacial score (nSPS) is 10.9. The van der Waals surface area contributed by atoms with Crippen LogP contribution in [0.3, 0.4) is 0 Å². The number of hydrogen-bond acceptors (Lipinski definition) is 3. The fraction of sp³-hybridized carbons (Fsp3) is 0.214. The maximum absolute atomic E-state index is 13.2. The fourth-order valence-corrected chi connectivity index (χ4v) is 3.94. The number of carbonyl (C=O) groups is 2. The third-order valence-corrected chi connectivity index (χ3v) is 5.95. The minimum Gasteiger partial charge on any atom is -0.464 e. The Bertz CT molecular complexity index is 1280. The summed E-state index contributed by atoms with van der Waals surface area (Å²) in [7, 11) is 3.51. The number of rotatable bonds is 7. The van der Waals surface area contributed by atoms with E-state index in [1.165, 1.54) is 5.56 Å². The Morgan fingerprint density at radius 1 is 0.909 bits per heavy atom. The van der Waals surface area contributed by atoms with Crippen molar-refractivity contribution in [3.05, 3.63) is 101 Å². The largest absolute Gasteiger partial charge is 0.464 e. The maximum Gasteiger partial charge on any atom is 0.255 e. The van der Waals surface area contributed by atoms with E-state index in [0.717, 1.165) is 28.5 Å². The first-order valence-corrected chi connectivity index (χ1v) is 11.1. The fourth-order valence-electron chi connectivity index (χ4n) is 3.94. The van der Waals surface area contributed by atoms with Gasteiger partial charge in [-0.3, -0.25) is 9.59 Å². The molecule has 0 bridgehead atoms. The monoisotopic (exact) mass is 440 g/mol. The van der Waals surface area contributed by atoms with Gasteiger partial charge in [-0.25, -0.2) is 0 Å². The van der Waals surface area contributed by atoms with E-state index in [-0.39, 0.29) is 18.2 Å². The van der Waals surface area contributed by atoms with E-state index in [1.54, 1.807) is 36.2 Å². The van der Waals surface area contributed by atoms with E-state index in [4.69, 9.17) is 4.42 Å². The summed E-state index contributed by atoms with van der Waals surface area (Å²) in [6.45, 7) is 2.60. The van der Waals surface area contributed by atoms with Gasteiger partial charge in [-0.2, -0.15) is 0 Å². The molecule has 0 radical (unpaired) electrons. The molecule has 0 atom stereocenters. The van der Waals surface area contributed by atoms with Crippen molar-refractivity contribution in [1.29, 1.82) is 0 Å². The molecule has 5 nitrogen and oxygen atoms in total. The highest BCUT2D eigenvalue weighted by molar-refractivity contribution is 6.05. The second-order valence-electron chi connectivity index (χ2n) is 8.37. The van der Waals surface area contributed by atoms with Gasteiger partial charge in [-0.05, 0) is 42.7 Å². The number of carbonyl (C=O) groups excluding carboxylic acids is 2. The average molecular weight is 441 g/mol. The summed E-state index contributed by atoms with van der Waals surface area (Å²) in [5.41, 5.74) is 5.01. The van der Waals surface area contributed by atoms with Gasteiger partial charge in [0.25, 0.3) is 5.91 Å². The number of benzene rings is 3. The van der Waals surface area contributed by atoms with Crippen LogP contribution < -0.4 is 4.90 Å². The van der Waals surface area contributed by atoms with Crippen LogP contribution >= 0.6 is 0 Å². The molecule has 1 aromatic heterocycles. The van der Waals surface area contributed by atoms with Crippen LogP contribution in [-0.2, 0) is 17.6 Å². The molecular weight excluding hydrogens is 412 g/mol. The van der Waals surface area contributed by atoms with Gasteiger partial charge >= 0.3 is 0 Å². The third-order valence-electron chi connectivity index (χ3n) is 5.95. The lowest BCUT2D eigenvalue weighted by Crippen LogP contribution is -2.33. The van der Waals surface area contributed by atoms with Crippen LogP contribution in [0.1, 0.15) is 27.0 Å². The lowest BCUT2D eigenvalue weighted by atomic mass is 10.1. The van der Waals surface area contributed by atoms with E-state index in [9.17, 15) is 9.59 Å². The molecule has 4 rings (SSSR count). The molecule has 33 heavy (non-hydrogen) atoms. The smallest absolute Gasteiger partial charge is 0.255 e. The summed E-state index contributed by atoms with van der Waals surface area (Å²) in [6.07, 6.45) is 2.61. The summed E-state index contributed by atoms with van der Waals surface area (Å²) in [5, 5.41) is 0.937. The van der Waals surface area contributed by atoms with Crippen molar-refractivity contribution >= 4 is 28.5 Å². The molecule has 0 saturated heterocycles. The van der Waals surface area contributed by atoms with Crippen LogP contribution in [0.5, 0.6) is 0 Å². The topological polar surface area (TPSA) is 53.8 Å². The zero-order chi connectivity index (χ0) is 23.4. The predicted octanol–water partition coefficient (Wildman–Crippen LogP) is 5.26. The number of aryl methyl sites for hydroxylation is 1. The first-order valence-electron chi connectivity index (χ1n) is 11.1. The molecule has 2 amide bonds. The molecular formula is C28H28N2O3. The molecule has 0 aliphatic heterocycles. The SMILES string of the molecule is Cc1ccc2c(CC(=O)N(C)c3ccccc3C(=O)N(C)CCc3ccccc3)coc2c1. The summed E-state index contributed by atoms with van der Waals surface area (Å²) >= 11 is 0. The second-order valence-corrected chi connectivity index (χ2v) is 8.37. The number of furan rings is 1. The summed E-state index contributed by atoms with van der Waals surface area (Å²) < 4.78 is 5.64. The van der Waals surface area contributed by atoms with Crippen molar-refractivity contribution in [2.75, 3.05) is 25.5 Å². The molecule has 4 aromatic rings. The van der Waals surface area contributed by atoms with Crippen LogP contribution in [0.25, 0.3) is 11.0 Å². The van der Waals surface area contributed by atoms with Crippen LogP contribution in [0.4, 0.5) is 5.69 Å². The highest BCUT2D eigenvalue weighted by Crippen LogP contribution is 2.25. The predicted molar refractivity (Wildman–Crippen MR) is 132 cm³/mol. The summed E-state index contributed by atoms with van der Waals surface area (Å²) in [4.78, 5) is 29.6. The van der Waals surface area contributed by atoms with Gasteiger partial charge in [0.05, 0.1) is 23.9 Å². The molecule has 0 aliphatic rings. The summed E-state index contributed by atoms with van der Waals surface area (Å²) in [6, 6.07) is 23.3. The standard InChI is InChI=1S/C28H28N2O3/c1-20-13-14-23-22(19-33-26(23)17-20)18-27(31)30(3)25-12-8-7-11-24(25)28(32)29(2)16-15-21-9-5-4-6-10-21/h4-14,17,19H,15-16,18H2,1-3H3. The molecule has 5 heteroatoms. The number of amides is 2. The Labute approximate surface area is 194 Å². The van der Waals surface area contributed by atoms with Gasteiger partial charge < -0.3 is 14.2 Å².